The molecule has 0 aromatic heterocycles. The number of nitro benzene ring substituents is 2. The molecule has 0 amide bonds. The van der Waals surface area contributed by atoms with Gasteiger partial charge in [-0.3, -0.25) is 29.8 Å². The van der Waals surface area contributed by atoms with Crippen LogP contribution in [-0.2, 0) is 27.2 Å². The molecule has 31 heavy (non-hydrogen) atoms. The molecule has 2 rings (SSSR count). The van der Waals surface area contributed by atoms with Crippen molar-refractivity contribution < 1.29 is 24.2 Å². The SMILES string of the molecule is CCOC(=O)C(CCc1ccc([N+](=O)[O-])cc1)(CCc1ccc([N+](=O)[O-])cc1)C(C)=O. The molecule has 0 N–H and O–H groups in total. The van der Waals surface area contributed by atoms with Gasteiger partial charge >= 0.3 is 5.97 Å². The van der Waals surface area contributed by atoms with Crippen molar-refractivity contribution >= 4 is 23.1 Å². The Morgan fingerprint density at radius 3 is 1.52 bits per heavy atom. The molecule has 0 radical (unpaired) electrons. The van der Waals surface area contributed by atoms with E-state index in [2.05, 4.69) is 0 Å². The zero-order valence-corrected chi connectivity index (χ0v) is 17.4. The molecule has 0 bridgehead atoms. The van der Waals surface area contributed by atoms with Crippen LogP contribution < -0.4 is 0 Å². The maximum absolute atomic E-state index is 12.8. The van der Waals surface area contributed by atoms with E-state index in [0.717, 1.165) is 11.1 Å². The zero-order valence-electron chi connectivity index (χ0n) is 17.4. The highest BCUT2D eigenvalue weighted by Crippen LogP contribution is 2.34. The first-order valence-electron chi connectivity index (χ1n) is 9.84. The maximum atomic E-state index is 12.8. The van der Waals surface area contributed by atoms with Gasteiger partial charge in [0.25, 0.3) is 11.4 Å². The number of hydrogen-bond acceptors (Lipinski definition) is 7. The Labute approximate surface area is 179 Å². The molecule has 9 nitrogen and oxygen atoms in total. The van der Waals surface area contributed by atoms with Crippen LogP contribution >= 0.6 is 0 Å². The highest BCUT2D eigenvalue weighted by Gasteiger charge is 2.43. The van der Waals surface area contributed by atoms with Gasteiger partial charge in [-0.1, -0.05) is 24.3 Å². The van der Waals surface area contributed by atoms with Crippen LogP contribution in [0, 0.1) is 25.6 Å². The second-order valence-corrected chi connectivity index (χ2v) is 7.21. The van der Waals surface area contributed by atoms with E-state index in [1.807, 2.05) is 0 Å². The smallest absolute Gasteiger partial charge is 0.319 e. The third kappa shape index (κ3) is 5.94. The zero-order chi connectivity index (χ0) is 23.0. The van der Waals surface area contributed by atoms with E-state index >= 15 is 0 Å². The van der Waals surface area contributed by atoms with Crippen LogP contribution in [0.3, 0.4) is 0 Å². The van der Waals surface area contributed by atoms with E-state index in [9.17, 15) is 29.8 Å². The quantitative estimate of drug-likeness (QED) is 0.227. The molecular weight excluding hydrogens is 404 g/mol. The van der Waals surface area contributed by atoms with E-state index < -0.39 is 21.2 Å². The average molecular weight is 428 g/mol. The van der Waals surface area contributed by atoms with Crippen LogP contribution in [-0.4, -0.2) is 28.2 Å². The van der Waals surface area contributed by atoms with Crippen LogP contribution in [0.2, 0.25) is 0 Å². The minimum Gasteiger partial charge on any atom is -0.465 e. The van der Waals surface area contributed by atoms with Gasteiger partial charge in [0.1, 0.15) is 11.2 Å². The predicted octanol–water partition coefficient (Wildman–Crippen LogP) is 4.21. The number of aryl methyl sites for hydroxylation is 2. The lowest BCUT2D eigenvalue weighted by Crippen LogP contribution is -2.40. The molecule has 0 aliphatic heterocycles. The molecule has 0 saturated heterocycles. The van der Waals surface area contributed by atoms with Gasteiger partial charge < -0.3 is 4.74 Å². The Bertz CT molecular complexity index is 891. The van der Waals surface area contributed by atoms with Crippen LogP contribution in [0.5, 0.6) is 0 Å². The average Bonchev–Trinajstić information content (AvgIpc) is 2.74. The number of hydrogen-bond donors (Lipinski definition) is 0. The molecule has 0 aliphatic rings. The molecule has 2 aromatic carbocycles. The summed E-state index contributed by atoms with van der Waals surface area (Å²) < 4.78 is 5.21. The van der Waals surface area contributed by atoms with Gasteiger partial charge in [0.15, 0.2) is 0 Å². The molecule has 0 heterocycles. The fourth-order valence-electron chi connectivity index (χ4n) is 3.38. The number of rotatable bonds is 11. The predicted molar refractivity (Wildman–Crippen MR) is 113 cm³/mol. The molecule has 0 atom stereocenters. The van der Waals surface area contributed by atoms with Crippen molar-refractivity contribution in [2.45, 2.75) is 39.5 Å². The van der Waals surface area contributed by atoms with Crippen molar-refractivity contribution in [1.82, 2.24) is 0 Å². The molecule has 164 valence electrons. The standard InChI is InChI=1S/C22H24N2O7/c1-3-31-21(26)22(16(2)25,14-12-17-4-8-19(9-5-17)23(27)28)15-13-18-6-10-20(11-7-18)24(29)30/h4-11H,3,12-15H2,1-2H3. The summed E-state index contributed by atoms with van der Waals surface area (Å²) in [5.74, 6) is -0.930. The van der Waals surface area contributed by atoms with Gasteiger partial charge in [-0.25, -0.2) is 0 Å². The number of ether oxygens (including phenoxy) is 1. The Morgan fingerprint density at radius 2 is 1.23 bits per heavy atom. The number of benzene rings is 2. The normalized spacial score (nSPS) is 11.0. The Kier molecular flexibility index (Phi) is 7.95. The topological polar surface area (TPSA) is 130 Å². The molecule has 0 saturated carbocycles. The number of nitrogens with zero attached hydrogens (tertiary/aromatic N) is 2. The minimum absolute atomic E-state index is 0.0369. The third-order valence-electron chi connectivity index (χ3n) is 5.32. The van der Waals surface area contributed by atoms with E-state index in [1.54, 1.807) is 31.2 Å². The maximum Gasteiger partial charge on any atom is 0.319 e. The molecule has 9 heteroatoms. The van der Waals surface area contributed by atoms with Crippen LogP contribution in [0.4, 0.5) is 11.4 Å². The van der Waals surface area contributed by atoms with Crippen molar-refractivity contribution in [2.24, 2.45) is 5.41 Å². The van der Waals surface area contributed by atoms with E-state index in [4.69, 9.17) is 4.74 Å². The second-order valence-electron chi connectivity index (χ2n) is 7.21. The molecule has 2 aromatic rings. The summed E-state index contributed by atoms with van der Waals surface area (Å²) in [6, 6.07) is 11.9. The van der Waals surface area contributed by atoms with Crippen LogP contribution in [0.25, 0.3) is 0 Å². The molecule has 0 spiro atoms. The lowest BCUT2D eigenvalue weighted by Gasteiger charge is -2.29. The fraction of sp³-hybridized carbons (Fsp3) is 0.364. The Morgan fingerprint density at radius 1 is 0.839 bits per heavy atom. The van der Waals surface area contributed by atoms with Crippen molar-refractivity contribution in [3.63, 3.8) is 0 Å². The number of Topliss-reactive ketones (excluding diaryl/α,β-unsaturated/α-hetero) is 1. The minimum atomic E-state index is -1.38. The number of nitro groups is 2. The van der Waals surface area contributed by atoms with E-state index in [0.29, 0.717) is 12.8 Å². The fourth-order valence-corrected chi connectivity index (χ4v) is 3.38. The monoisotopic (exact) mass is 428 g/mol. The number of non-ortho nitro benzene ring substituents is 2. The van der Waals surface area contributed by atoms with Crippen molar-refractivity contribution in [3.05, 3.63) is 79.9 Å². The number of esters is 1. The first-order chi connectivity index (χ1) is 14.7. The lowest BCUT2D eigenvalue weighted by molar-refractivity contribution is -0.385. The first kappa shape index (κ1) is 23.7. The number of carbonyl (C=O) groups excluding carboxylic acids is 2. The summed E-state index contributed by atoms with van der Waals surface area (Å²) in [6.45, 7) is 3.14. The van der Waals surface area contributed by atoms with Crippen LogP contribution in [0.1, 0.15) is 37.8 Å². The van der Waals surface area contributed by atoms with Gasteiger partial charge in [-0.15, -0.1) is 0 Å². The van der Waals surface area contributed by atoms with Crippen molar-refractivity contribution in [2.75, 3.05) is 6.61 Å². The van der Waals surface area contributed by atoms with Gasteiger partial charge in [0, 0.05) is 24.3 Å². The van der Waals surface area contributed by atoms with Crippen molar-refractivity contribution in [3.8, 4) is 0 Å². The summed E-state index contributed by atoms with van der Waals surface area (Å²) in [4.78, 5) is 46.1. The summed E-state index contributed by atoms with van der Waals surface area (Å²) in [5, 5.41) is 21.6. The summed E-state index contributed by atoms with van der Waals surface area (Å²) in [6.07, 6.45) is 1.09. The second kappa shape index (κ2) is 10.4. The highest BCUT2D eigenvalue weighted by molar-refractivity contribution is 6.02. The van der Waals surface area contributed by atoms with Gasteiger partial charge in [-0.05, 0) is 50.7 Å². The lowest BCUT2D eigenvalue weighted by atomic mass is 9.74. The highest BCUT2D eigenvalue weighted by atomic mass is 16.6. The van der Waals surface area contributed by atoms with Crippen LogP contribution in [0.15, 0.2) is 48.5 Å². The number of carbonyl (C=O) groups is 2. The largest absolute Gasteiger partial charge is 0.465 e. The van der Waals surface area contributed by atoms with Gasteiger partial charge in [-0.2, -0.15) is 0 Å². The summed E-state index contributed by atoms with van der Waals surface area (Å²) >= 11 is 0. The Balaban J connectivity index is 2.22. The molecular formula is C22H24N2O7. The third-order valence-corrected chi connectivity index (χ3v) is 5.32. The van der Waals surface area contributed by atoms with E-state index in [1.165, 1.54) is 31.2 Å². The molecule has 0 unspecified atom stereocenters. The first-order valence-corrected chi connectivity index (χ1v) is 9.84. The summed E-state index contributed by atoms with van der Waals surface area (Å²) in [7, 11) is 0. The van der Waals surface area contributed by atoms with Crippen molar-refractivity contribution in [1.29, 1.82) is 0 Å². The van der Waals surface area contributed by atoms with Gasteiger partial charge in [0.2, 0.25) is 0 Å². The Hall–Kier alpha value is -3.62. The molecule has 0 fully saturated rings. The molecule has 0 aliphatic carbocycles. The van der Waals surface area contributed by atoms with Gasteiger partial charge in [0.05, 0.1) is 16.5 Å². The summed E-state index contributed by atoms with van der Waals surface area (Å²) in [5.41, 5.74) is 0.0709. The number of ketones is 1. The van der Waals surface area contributed by atoms with E-state index in [-0.39, 0.29) is 36.6 Å².